The highest BCUT2D eigenvalue weighted by molar-refractivity contribution is 5.33. The van der Waals surface area contributed by atoms with Crippen molar-refractivity contribution >= 4 is 0 Å². The van der Waals surface area contributed by atoms with Gasteiger partial charge in [-0.3, -0.25) is 0 Å². The van der Waals surface area contributed by atoms with Crippen molar-refractivity contribution < 1.29 is 14.9 Å². The molecule has 0 spiro atoms. The molecule has 16 heavy (non-hydrogen) atoms. The van der Waals surface area contributed by atoms with Gasteiger partial charge in [-0.25, -0.2) is 0 Å². The second-order valence-corrected chi connectivity index (χ2v) is 4.32. The van der Waals surface area contributed by atoms with E-state index in [4.69, 9.17) is 4.74 Å². The Labute approximate surface area is 96.7 Å². The molecule has 0 saturated carbocycles. The van der Waals surface area contributed by atoms with Crippen LogP contribution in [0.25, 0.3) is 0 Å². The van der Waals surface area contributed by atoms with Gasteiger partial charge in [0.2, 0.25) is 0 Å². The van der Waals surface area contributed by atoms with Gasteiger partial charge in [0.05, 0.1) is 19.3 Å². The van der Waals surface area contributed by atoms with Crippen LogP contribution in [0, 0.1) is 5.92 Å². The second-order valence-electron chi connectivity index (χ2n) is 4.32. The molecule has 2 atom stereocenters. The normalized spacial score (nSPS) is 14.9. The molecule has 0 radical (unpaired) electrons. The summed E-state index contributed by atoms with van der Waals surface area (Å²) in [6.45, 7) is 3.77. The second kappa shape index (κ2) is 5.87. The van der Waals surface area contributed by atoms with Crippen molar-refractivity contribution in [2.75, 3.05) is 7.11 Å². The Balaban J connectivity index is 2.72. The van der Waals surface area contributed by atoms with Crippen LogP contribution in [-0.4, -0.2) is 29.5 Å². The SMILES string of the molecule is COc1ccccc1CC(O)C(O)C(C)C. The number of rotatable bonds is 5. The monoisotopic (exact) mass is 224 g/mol. The van der Waals surface area contributed by atoms with Crippen molar-refractivity contribution in [1.29, 1.82) is 0 Å². The first kappa shape index (κ1) is 13.0. The Morgan fingerprint density at radius 2 is 1.81 bits per heavy atom. The Hall–Kier alpha value is -1.06. The first-order valence-electron chi connectivity index (χ1n) is 5.54. The van der Waals surface area contributed by atoms with Gasteiger partial charge in [0.25, 0.3) is 0 Å². The molecule has 0 saturated heterocycles. The summed E-state index contributed by atoms with van der Waals surface area (Å²) in [6, 6.07) is 7.53. The fourth-order valence-electron chi connectivity index (χ4n) is 1.66. The van der Waals surface area contributed by atoms with Crippen LogP contribution < -0.4 is 4.74 Å². The van der Waals surface area contributed by atoms with Crippen LogP contribution in [0.1, 0.15) is 19.4 Å². The standard InChI is InChI=1S/C13H20O3/c1-9(2)13(15)11(14)8-10-6-4-5-7-12(10)16-3/h4-7,9,11,13-15H,8H2,1-3H3. The van der Waals surface area contributed by atoms with Crippen molar-refractivity contribution in [3.05, 3.63) is 29.8 Å². The van der Waals surface area contributed by atoms with E-state index in [-0.39, 0.29) is 5.92 Å². The summed E-state index contributed by atoms with van der Waals surface area (Å²) < 4.78 is 5.19. The van der Waals surface area contributed by atoms with E-state index in [1.54, 1.807) is 7.11 Å². The third-order valence-electron chi connectivity index (χ3n) is 2.70. The van der Waals surface area contributed by atoms with Crippen LogP contribution in [0.5, 0.6) is 5.75 Å². The van der Waals surface area contributed by atoms with Crippen molar-refractivity contribution in [2.45, 2.75) is 32.5 Å². The highest BCUT2D eigenvalue weighted by Crippen LogP contribution is 2.21. The average molecular weight is 224 g/mol. The molecule has 1 rings (SSSR count). The zero-order valence-corrected chi connectivity index (χ0v) is 10.1. The summed E-state index contributed by atoms with van der Waals surface area (Å²) in [5.74, 6) is 0.794. The van der Waals surface area contributed by atoms with Gasteiger partial charge in [-0.15, -0.1) is 0 Å². The maximum atomic E-state index is 9.86. The molecule has 0 heterocycles. The first-order valence-corrected chi connectivity index (χ1v) is 5.54. The molecule has 0 amide bonds. The molecule has 0 fully saturated rings. The fourth-order valence-corrected chi connectivity index (χ4v) is 1.66. The number of aliphatic hydroxyl groups excluding tert-OH is 2. The number of hydrogen-bond donors (Lipinski definition) is 2. The third-order valence-corrected chi connectivity index (χ3v) is 2.70. The molecule has 1 aromatic rings. The Morgan fingerprint density at radius 1 is 1.19 bits per heavy atom. The predicted molar refractivity (Wildman–Crippen MR) is 63.5 cm³/mol. The van der Waals surface area contributed by atoms with Gasteiger partial charge >= 0.3 is 0 Å². The molecule has 0 aliphatic heterocycles. The lowest BCUT2D eigenvalue weighted by Crippen LogP contribution is -2.32. The smallest absolute Gasteiger partial charge is 0.122 e. The van der Waals surface area contributed by atoms with Crippen molar-refractivity contribution in [1.82, 2.24) is 0 Å². The predicted octanol–water partition coefficient (Wildman–Crippen LogP) is 1.62. The molecule has 1 aromatic carbocycles. The van der Waals surface area contributed by atoms with Crippen LogP contribution in [0.2, 0.25) is 0 Å². The van der Waals surface area contributed by atoms with E-state index < -0.39 is 12.2 Å². The number of methoxy groups -OCH3 is 1. The third kappa shape index (κ3) is 3.22. The molecule has 3 heteroatoms. The number of para-hydroxylation sites is 1. The van der Waals surface area contributed by atoms with Gasteiger partial charge in [0, 0.05) is 6.42 Å². The maximum Gasteiger partial charge on any atom is 0.122 e. The Kier molecular flexibility index (Phi) is 4.77. The quantitative estimate of drug-likeness (QED) is 0.799. The molecule has 90 valence electrons. The van der Waals surface area contributed by atoms with E-state index in [0.29, 0.717) is 6.42 Å². The van der Waals surface area contributed by atoms with Crippen molar-refractivity contribution in [2.24, 2.45) is 5.92 Å². The van der Waals surface area contributed by atoms with Crippen LogP contribution in [0.3, 0.4) is 0 Å². The highest BCUT2D eigenvalue weighted by Gasteiger charge is 2.21. The number of hydrogen-bond acceptors (Lipinski definition) is 3. The van der Waals surface area contributed by atoms with E-state index in [9.17, 15) is 10.2 Å². The number of ether oxygens (including phenoxy) is 1. The minimum atomic E-state index is -0.753. The molecule has 0 aliphatic rings. The van der Waals surface area contributed by atoms with E-state index in [0.717, 1.165) is 11.3 Å². The molecule has 0 aromatic heterocycles. The summed E-state index contributed by atoms with van der Waals surface area (Å²) in [6.07, 6.45) is -1.05. The largest absolute Gasteiger partial charge is 0.496 e. The summed E-state index contributed by atoms with van der Waals surface area (Å²) in [5.41, 5.74) is 0.914. The summed E-state index contributed by atoms with van der Waals surface area (Å²) in [7, 11) is 1.60. The zero-order chi connectivity index (χ0) is 12.1. The van der Waals surface area contributed by atoms with E-state index in [1.165, 1.54) is 0 Å². The molecule has 2 unspecified atom stereocenters. The number of benzene rings is 1. The minimum absolute atomic E-state index is 0.0460. The van der Waals surface area contributed by atoms with Gasteiger partial charge in [-0.2, -0.15) is 0 Å². The molecule has 0 bridgehead atoms. The lowest BCUT2D eigenvalue weighted by molar-refractivity contribution is -0.00754. The van der Waals surface area contributed by atoms with Crippen LogP contribution in [-0.2, 0) is 6.42 Å². The molecular weight excluding hydrogens is 204 g/mol. The lowest BCUT2D eigenvalue weighted by Gasteiger charge is -2.21. The Morgan fingerprint density at radius 3 is 2.38 bits per heavy atom. The van der Waals surface area contributed by atoms with Gasteiger partial charge in [-0.05, 0) is 17.5 Å². The summed E-state index contributed by atoms with van der Waals surface area (Å²) in [5, 5.41) is 19.6. The summed E-state index contributed by atoms with van der Waals surface area (Å²) >= 11 is 0. The van der Waals surface area contributed by atoms with E-state index in [2.05, 4.69) is 0 Å². The average Bonchev–Trinajstić information content (AvgIpc) is 2.28. The molecular formula is C13H20O3. The topological polar surface area (TPSA) is 49.7 Å². The maximum absolute atomic E-state index is 9.86. The lowest BCUT2D eigenvalue weighted by atomic mass is 9.96. The van der Waals surface area contributed by atoms with Gasteiger partial charge < -0.3 is 14.9 Å². The van der Waals surface area contributed by atoms with Crippen molar-refractivity contribution in [3.63, 3.8) is 0 Å². The van der Waals surface area contributed by atoms with Crippen LogP contribution >= 0.6 is 0 Å². The fraction of sp³-hybridized carbons (Fsp3) is 0.538. The first-order chi connectivity index (χ1) is 7.56. The van der Waals surface area contributed by atoms with Gasteiger partial charge in [0.15, 0.2) is 0 Å². The van der Waals surface area contributed by atoms with Crippen molar-refractivity contribution in [3.8, 4) is 5.75 Å². The molecule has 3 nitrogen and oxygen atoms in total. The number of aliphatic hydroxyl groups is 2. The van der Waals surface area contributed by atoms with E-state index >= 15 is 0 Å². The zero-order valence-electron chi connectivity index (χ0n) is 10.1. The van der Waals surface area contributed by atoms with Gasteiger partial charge in [0.1, 0.15) is 5.75 Å². The summed E-state index contributed by atoms with van der Waals surface area (Å²) in [4.78, 5) is 0. The van der Waals surface area contributed by atoms with Gasteiger partial charge in [-0.1, -0.05) is 32.0 Å². The minimum Gasteiger partial charge on any atom is -0.496 e. The molecule has 0 aliphatic carbocycles. The Bertz CT molecular complexity index is 323. The highest BCUT2D eigenvalue weighted by atomic mass is 16.5. The van der Waals surface area contributed by atoms with E-state index in [1.807, 2.05) is 38.1 Å². The van der Waals surface area contributed by atoms with Crippen LogP contribution in [0.15, 0.2) is 24.3 Å². The van der Waals surface area contributed by atoms with Crippen LogP contribution in [0.4, 0.5) is 0 Å². The molecule has 2 N–H and O–H groups in total.